The topological polar surface area (TPSA) is 44.0 Å². The molecule has 0 radical (unpaired) electrons. The summed E-state index contributed by atoms with van der Waals surface area (Å²) in [6, 6.07) is 14.3. The van der Waals surface area contributed by atoms with E-state index in [1.54, 1.807) is 36.4 Å². The first-order chi connectivity index (χ1) is 10.2. The van der Waals surface area contributed by atoms with Crippen LogP contribution in [0.1, 0.15) is 30.4 Å². The second-order valence-corrected chi connectivity index (χ2v) is 5.04. The minimum atomic E-state index is -0.237. The van der Waals surface area contributed by atoms with Crippen molar-refractivity contribution in [2.75, 3.05) is 6.61 Å². The second kappa shape index (κ2) is 7.56. The van der Waals surface area contributed by atoms with Gasteiger partial charge in [0.2, 0.25) is 0 Å². The molecule has 0 fully saturated rings. The maximum absolute atomic E-state index is 14.2. The predicted octanol–water partition coefficient (Wildman–Crippen LogP) is 4.07. The molecule has 21 heavy (non-hydrogen) atoms. The molecule has 0 aliphatic carbocycles. The van der Waals surface area contributed by atoms with Crippen LogP contribution in [0.25, 0.3) is 11.1 Å². The number of hydrogen-bond donors (Lipinski definition) is 1. The van der Waals surface area contributed by atoms with E-state index < -0.39 is 0 Å². The van der Waals surface area contributed by atoms with E-state index in [1.165, 1.54) is 0 Å². The lowest BCUT2D eigenvalue weighted by atomic mass is 10.00. The lowest BCUT2D eigenvalue weighted by molar-refractivity contribution is 0.283. The lowest BCUT2D eigenvalue weighted by Gasteiger charge is -2.07. The summed E-state index contributed by atoms with van der Waals surface area (Å²) in [7, 11) is 0. The zero-order valence-corrected chi connectivity index (χ0v) is 11.8. The average molecular weight is 283 g/mol. The third-order valence-corrected chi connectivity index (χ3v) is 3.48. The first-order valence-corrected chi connectivity index (χ1v) is 7.14. The van der Waals surface area contributed by atoms with Crippen molar-refractivity contribution < 1.29 is 9.50 Å². The molecular weight excluding hydrogens is 265 g/mol. The quantitative estimate of drug-likeness (QED) is 0.812. The molecule has 2 rings (SSSR count). The molecule has 0 unspecified atom stereocenters. The molecule has 0 amide bonds. The fraction of sp³-hybridized carbons (Fsp3) is 0.278. The number of halogens is 1. The van der Waals surface area contributed by atoms with Crippen molar-refractivity contribution in [1.82, 2.24) is 0 Å². The summed E-state index contributed by atoms with van der Waals surface area (Å²) < 4.78 is 14.2. The molecule has 2 aromatic rings. The molecule has 3 heteroatoms. The van der Waals surface area contributed by atoms with Gasteiger partial charge in [-0.05, 0) is 48.6 Å². The normalized spacial score (nSPS) is 10.3. The number of aryl methyl sites for hydroxylation is 1. The van der Waals surface area contributed by atoms with Crippen LogP contribution >= 0.6 is 0 Å². The highest BCUT2D eigenvalue weighted by Crippen LogP contribution is 2.24. The van der Waals surface area contributed by atoms with Crippen LogP contribution < -0.4 is 0 Å². The van der Waals surface area contributed by atoms with Gasteiger partial charge in [-0.25, -0.2) is 4.39 Å². The van der Waals surface area contributed by atoms with Crippen LogP contribution in [-0.2, 0) is 6.42 Å². The van der Waals surface area contributed by atoms with Crippen molar-refractivity contribution in [3.63, 3.8) is 0 Å². The highest BCUT2D eigenvalue weighted by molar-refractivity contribution is 5.65. The first-order valence-electron chi connectivity index (χ1n) is 7.14. The molecule has 0 aromatic heterocycles. The molecule has 0 aliphatic heterocycles. The molecule has 0 bridgehead atoms. The standard InChI is InChI=1S/C18H18FNO/c19-18-12-14(4-2-1-3-11-21)7-10-17(18)16-8-5-15(13-20)6-9-16/h5-10,12,21H,1-4,11H2. The van der Waals surface area contributed by atoms with Crippen LogP contribution in [0.2, 0.25) is 0 Å². The third kappa shape index (κ3) is 4.14. The Balaban J connectivity index is 2.09. The lowest BCUT2D eigenvalue weighted by Crippen LogP contribution is -1.91. The largest absolute Gasteiger partial charge is 0.396 e. The van der Waals surface area contributed by atoms with Crippen molar-refractivity contribution in [3.05, 3.63) is 59.4 Å². The Kier molecular flexibility index (Phi) is 5.48. The summed E-state index contributed by atoms with van der Waals surface area (Å²) in [6.07, 6.45) is 3.53. The van der Waals surface area contributed by atoms with Gasteiger partial charge in [-0.2, -0.15) is 5.26 Å². The molecule has 0 heterocycles. The van der Waals surface area contributed by atoms with E-state index in [2.05, 4.69) is 6.07 Å². The number of rotatable bonds is 6. The average Bonchev–Trinajstić information content (AvgIpc) is 2.52. The Bertz CT molecular complexity index is 629. The highest BCUT2D eigenvalue weighted by Gasteiger charge is 2.06. The number of benzene rings is 2. The van der Waals surface area contributed by atoms with Gasteiger partial charge in [0.1, 0.15) is 5.82 Å². The summed E-state index contributed by atoms with van der Waals surface area (Å²) in [6.45, 7) is 0.214. The Hall–Kier alpha value is -2.18. The number of nitriles is 1. The molecule has 0 atom stereocenters. The van der Waals surface area contributed by atoms with Crippen LogP contribution in [-0.4, -0.2) is 11.7 Å². The van der Waals surface area contributed by atoms with Gasteiger partial charge in [0.25, 0.3) is 0 Å². The summed E-state index contributed by atoms with van der Waals surface area (Å²) >= 11 is 0. The SMILES string of the molecule is N#Cc1ccc(-c2ccc(CCCCCO)cc2F)cc1. The van der Waals surface area contributed by atoms with Crippen molar-refractivity contribution in [2.45, 2.75) is 25.7 Å². The third-order valence-electron chi connectivity index (χ3n) is 3.48. The summed E-state index contributed by atoms with van der Waals surface area (Å²) in [5, 5.41) is 17.5. The summed E-state index contributed by atoms with van der Waals surface area (Å²) in [4.78, 5) is 0. The van der Waals surface area contributed by atoms with Gasteiger partial charge in [-0.1, -0.05) is 30.7 Å². The van der Waals surface area contributed by atoms with E-state index in [0.717, 1.165) is 36.8 Å². The van der Waals surface area contributed by atoms with Crippen LogP contribution in [0.4, 0.5) is 4.39 Å². The first kappa shape index (κ1) is 15.2. The van der Waals surface area contributed by atoms with Gasteiger partial charge in [-0.3, -0.25) is 0 Å². The van der Waals surface area contributed by atoms with E-state index >= 15 is 0 Å². The van der Waals surface area contributed by atoms with Gasteiger partial charge in [-0.15, -0.1) is 0 Å². The number of hydrogen-bond acceptors (Lipinski definition) is 2. The Morgan fingerprint density at radius 2 is 1.76 bits per heavy atom. The number of nitrogens with zero attached hydrogens (tertiary/aromatic N) is 1. The smallest absolute Gasteiger partial charge is 0.131 e. The van der Waals surface area contributed by atoms with E-state index in [9.17, 15) is 4.39 Å². The maximum atomic E-state index is 14.2. The Labute approximate surface area is 124 Å². The van der Waals surface area contributed by atoms with Gasteiger partial charge < -0.3 is 5.11 Å². The van der Waals surface area contributed by atoms with Gasteiger partial charge in [0.05, 0.1) is 11.6 Å². The monoisotopic (exact) mass is 283 g/mol. The predicted molar refractivity (Wildman–Crippen MR) is 81.2 cm³/mol. The maximum Gasteiger partial charge on any atom is 0.131 e. The van der Waals surface area contributed by atoms with Crippen LogP contribution in [0, 0.1) is 17.1 Å². The van der Waals surface area contributed by atoms with E-state index in [4.69, 9.17) is 10.4 Å². The van der Waals surface area contributed by atoms with Crippen molar-refractivity contribution in [2.24, 2.45) is 0 Å². The second-order valence-electron chi connectivity index (χ2n) is 5.04. The summed E-state index contributed by atoms with van der Waals surface area (Å²) in [5.41, 5.74) is 2.87. The fourth-order valence-corrected chi connectivity index (χ4v) is 2.29. The molecule has 0 spiro atoms. The van der Waals surface area contributed by atoms with E-state index in [0.29, 0.717) is 11.1 Å². The van der Waals surface area contributed by atoms with Crippen LogP contribution in [0.5, 0.6) is 0 Å². The van der Waals surface area contributed by atoms with Crippen LogP contribution in [0.3, 0.4) is 0 Å². The van der Waals surface area contributed by atoms with Gasteiger partial charge in [0, 0.05) is 12.2 Å². The molecule has 108 valence electrons. The Morgan fingerprint density at radius 1 is 1.00 bits per heavy atom. The fourth-order valence-electron chi connectivity index (χ4n) is 2.29. The van der Waals surface area contributed by atoms with Gasteiger partial charge in [0.15, 0.2) is 0 Å². The number of aliphatic hydroxyl groups is 1. The van der Waals surface area contributed by atoms with Gasteiger partial charge >= 0.3 is 0 Å². The molecular formula is C18H18FNO. The zero-order valence-electron chi connectivity index (χ0n) is 11.8. The molecule has 2 nitrogen and oxygen atoms in total. The molecule has 0 saturated heterocycles. The van der Waals surface area contributed by atoms with Crippen LogP contribution in [0.15, 0.2) is 42.5 Å². The summed E-state index contributed by atoms with van der Waals surface area (Å²) in [5.74, 6) is -0.237. The van der Waals surface area contributed by atoms with Crippen molar-refractivity contribution >= 4 is 0 Å². The van der Waals surface area contributed by atoms with Crippen molar-refractivity contribution in [1.29, 1.82) is 5.26 Å². The number of aliphatic hydroxyl groups excluding tert-OH is 1. The molecule has 2 aromatic carbocycles. The molecule has 0 aliphatic rings. The Morgan fingerprint density at radius 3 is 2.38 bits per heavy atom. The highest BCUT2D eigenvalue weighted by atomic mass is 19.1. The minimum absolute atomic E-state index is 0.214. The van der Waals surface area contributed by atoms with Crippen molar-refractivity contribution in [3.8, 4) is 17.2 Å². The van der Waals surface area contributed by atoms with E-state index in [-0.39, 0.29) is 12.4 Å². The molecule has 0 saturated carbocycles. The zero-order chi connectivity index (χ0) is 15.1. The minimum Gasteiger partial charge on any atom is -0.396 e. The molecule has 1 N–H and O–H groups in total. The van der Waals surface area contributed by atoms with E-state index in [1.807, 2.05) is 6.07 Å². The number of unbranched alkanes of at least 4 members (excludes halogenated alkanes) is 2.